The Labute approximate surface area is 116 Å². The molecule has 0 unspecified atom stereocenters. The summed E-state index contributed by atoms with van der Waals surface area (Å²) in [5.41, 5.74) is 1.11. The van der Waals surface area contributed by atoms with Gasteiger partial charge in [-0.3, -0.25) is 4.98 Å². The van der Waals surface area contributed by atoms with Gasteiger partial charge < -0.3 is 0 Å². The molecule has 1 saturated carbocycles. The van der Waals surface area contributed by atoms with Crippen molar-refractivity contribution in [1.29, 1.82) is 0 Å². The van der Waals surface area contributed by atoms with E-state index in [0.717, 1.165) is 5.56 Å². The zero-order valence-corrected chi connectivity index (χ0v) is 11.9. The molecule has 0 bridgehead atoms. The standard InChI is InChI=1S/C17H26FN/c18-17-12-16(13-19-14-17)15-10-8-6-4-2-1-3-5-7-9-11-15/h12-15H,1-11H2. The summed E-state index contributed by atoms with van der Waals surface area (Å²) in [4.78, 5) is 4.01. The van der Waals surface area contributed by atoms with Crippen molar-refractivity contribution >= 4 is 0 Å². The molecule has 1 fully saturated rings. The smallest absolute Gasteiger partial charge is 0.141 e. The van der Waals surface area contributed by atoms with Crippen molar-refractivity contribution in [3.63, 3.8) is 0 Å². The quantitative estimate of drug-likeness (QED) is 0.641. The van der Waals surface area contributed by atoms with Crippen LogP contribution >= 0.6 is 0 Å². The Bertz CT molecular complexity index is 352. The van der Waals surface area contributed by atoms with Gasteiger partial charge in [0, 0.05) is 6.20 Å². The highest BCUT2D eigenvalue weighted by atomic mass is 19.1. The van der Waals surface area contributed by atoms with Gasteiger partial charge in [-0.15, -0.1) is 0 Å². The number of pyridine rings is 1. The summed E-state index contributed by atoms with van der Waals surface area (Å²) < 4.78 is 13.3. The highest BCUT2D eigenvalue weighted by Gasteiger charge is 2.13. The molecule has 1 heterocycles. The van der Waals surface area contributed by atoms with Crippen LogP contribution in [0.4, 0.5) is 4.39 Å². The first-order valence-electron chi connectivity index (χ1n) is 7.97. The number of nitrogens with zero attached hydrogens (tertiary/aromatic N) is 1. The van der Waals surface area contributed by atoms with Crippen LogP contribution < -0.4 is 0 Å². The van der Waals surface area contributed by atoms with Crippen molar-refractivity contribution in [3.8, 4) is 0 Å². The normalized spacial score (nSPS) is 20.5. The van der Waals surface area contributed by atoms with Gasteiger partial charge in [0.1, 0.15) is 5.82 Å². The van der Waals surface area contributed by atoms with Crippen LogP contribution in [0.25, 0.3) is 0 Å². The first kappa shape index (κ1) is 14.5. The van der Waals surface area contributed by atoms with Crippen molar-refractivity contribution in [3.05, 3.63) is 29.8 Å². The zero-order valence-electron chi connectivity index (χ0n) is 11.9. The third-order valence-corrected chi connectivity index (χ3v) is 4.30. The second-order valence-electron chi connectivity index (χ2n) is 5.89. The van der Waals surface area contributed by atoms with E-state index in [9.17, 15) is 4.39 Å². The van der Waals surface area contributed by atoms with Crippen molar-refractivity contribution in [2.24, 2.45) is 0 Å². The molecule has 1 nitrogen and oxygen atoms in total. The van der Waals surface area contributed by atoms with Gasteiger partial charge in [-0.2, -0.15) is 0 Å². The van der Waals surface area contributed by atoms with E-state index < -0.39 is 0 Å². The first-order chi connectivity index (χ1) is 9.36. The molecule has 1 aromatic heterocycles. The van der Waals surface area contributed by atoms with E-state index in [4.69, 9.17) is 0 Å². The molecular weight excluding hydrogens is 237 g/mol. The van der Waals surface area contributed by atoms with Gasteiger partial charge in [0.15, 0.2) is 0 Å². The minimum absolute atomic E-state index is 0.191. The summed E-state index contributed by atoms with van der Waals surface area (Å²) >= 11 is 0. The van der Waals surface area contributed by atoms with Crippen LogP contribution in [-0.2, 0) is 0 Å². The summed E-state index contributed by atoms with van der Waals surface area (Å²) in [6, 6.07) is 1.68. The fraction of sp³-hybridized carbons (Fsp3) is 0.706. The lowest BCUT2D eigenvalue weighted by Crippen LogP contribution is -2.02. The van der Waals surface area contributed by atoms with E-state index in [-0.39, 0.29) is 5.82 Å². The maximum atomic E-state index is 13.3. The van der Waals surface area contributed by atoms with Gasteiger partial charge >= 0.3 is 0 Å². The Kier molecular flexibility index (Phi) is 6.32. The number of halogens is 1. The molecule has 0 spiro atoms. The number of aromatic nitrogens is 1. The molecule has 0 radical (unpaired) electrons. The van der Waals surface area contributed by atoms with Crippen LogP contribution in [0.15, 0.2) is 18.5 Å². The molecule has 0 N–H and O–H groups in total. The fourth-order valence-electron chi connectivity index (χ4n) is 3.15. The van der Waals surface area contributed by atoms with E-state index in [2.05, 4.69) is 4.98 Å². The molecule has 1 aromatic rings. The van der Waals surface area contributed by atoms with Crippen LogP contribution in [-0.4, -0.2) is 4.98 Å². The van der Waals surface area contributed by atoms with Crippen molar-refractivity contribution in [2.75, 3.05) is 0 Å². The average Bonchev–Trinajstić information content (AvgIpc) is 2.39. The largest absolute Gasteiger partial charge is 0.261 e. The Morgan fingerprint density at radius 3 is 1.84 bits per heavy atom. The summed E-state index contributed by atoms with van der Waals surface area (Å²) in [6.07, 6.45) is 17.7. The minimum atomic E-state index is -0.191. The number of hydrogen-bond donors (Lipinski definition) is 0. The van der Waals surface area contributed by atoms with E-state index in [1.807, 2.05) is 6.20 Å². The van der Waals surface area contributed by atoms with E-state index in [0.29, 0.717) is 5.92 Å². The molecule has 0 saturated heterocycles. The molecule has 0 amide bonds. The molecule has 2 heteroatoms. The summed E-state index contributed by atoms with van der Waals surface area (Å²) in [5, 5.41) is 0. The minimum Gasteiger partial charge on any atom is -0.261 e. The van der Waals surface area contributed by atoms with Crippen LogP contribution in [0.3, 0.4) is 0 Å². The fourth-order valence-corrected chi connectivity index (χ4v) is 3.15. The maximum absolute atomic E-state index is 13.3. The second kappa shape index (κ2) is 8.29. The van der Waals surface area contributed by atoms with Crippen LogP contribution in [0, 0.1) is 5.82 Å². The van der Waals surface area contributed by atoms with Gasteiger partial charge in [0.25, 0.3) is 0 Å². The summed E-state index contributed by atoms with van der Waals surface area (Å²) in [6.45, 7) is 0. The van der Waals surface area contributed by atoms with Crippen molar-refractivity contribution in [1.82, 2.24) is 4.98 Å². The van der Waals surface area contributed by atoms with Crippen LogP contribution in [0.2, 0.25) is 0 Å². The summed E-state index contributed by atoms with van der Waals surface area (Å²) in [5.74, 6) is 0.325. The van der Waals surface area contributed by atoms with Gasteiger partial charge in [-0.1, -0.05) is 57.8 Å². The molecular formula is C17H26FN. The lowest BCUT2D eigenvalue weighted by atomic mass is 9.88. The van der Waals surface area contributed by atoms with Gasteiger partial charge in [0.2, 0.25) is 0 Å². The Balaban J connectivity index is 1.94. The maximum Gasteiger partial charge on any atom is 0.141 e. The second-order valence-corrected chi connectivity index (χ2v) is 5.89. The lowest BCUT2D eigenvalue weighted by molar-refractivity contribution is 0.465. The van der Waals surface area contributed by atoms with E-state index in [1.54, 1.807) is 6.07 Å². The highest BCUT2D eigenvalue weighted by molar-refractivity contribution is 5.15. The molecule has 0 aliphatic heterocycles. The molecule has 2 rings (SSSR count). The van der Waals surface area contributed by atoms with Gasteiger partial charge in [-0.05, 0) is 30.4 Å². The molecule has 1 aliphatic rings. The molecule has 106 valence electrons. The van der Waals surface area contributed by atoms with E-state index >= 15 is 0 Å². The van der Waals surface area contributed by atoms with E-state index in [1.165, 1.54) is 76.8 Å². The predicted molar refractivity (Wildman–Crippen MR) is 77.7 cm³/mol. The third kappa shape index (κ3) is 5.30. The van der Waals surface area contributed by atoms with Crippen molar-refractivity contribution in [2.45, 2.75) is 76.5 Å². The number of hydrogen-bond acceptors (Lipinski definition) is 1. The molecule has 0 aromatic carbocycles. The SMILES string of the molecule is Fc1cncc(C2CCCCCCCCCCC2)c1. The average molecular weight is 263 g/mol. The first-order valence-corrected chi connectivity index (χ1v) is 7.97. The monoisotopic (exact) mass is 263 g/mol. The molecule has 19 heavy (non-hydrogen) atoms. The van der Waals surface area contributed by atoms with Crippen LogP contribution in [0.5, 0.6) is 0 Å². The third-order valence-electron chi connectivity index (χ3n) is 4.30. The number of rotatable bonds is 1. The lowest BCUT2D eigenvalue weighted by Gasteiger charge is -2.18. The summed E-state index contributed by atoms with van der Waals surface area (Å²) in [7, 11) is 0. The zero-order chi connectivity index (χ0) is 13.3. The Morgan fingerprint density at radius 2 is 1.32 bits per heavy atom. The van der Waals surface area contributed by atoms with Crippen molar-refractivity contribution < 1.29 is 4.39 Å². The highest BCUT2D eigenvalue weighted by Crippen LogP contribution is 2.29. The topological polar surface area (TPSA) is 12.9 Å². The van der Waals surface area contributed by atoms with Gasteiger partial charge in [0.05, 0.1) is 6.20 Å². The molecule has 0 atom stereocenters. The van der Waals surface area contributed by atoms with Crippen LogP contribution in [0.1, 0.15) is 82.1 Å². The van der Waals surface area contributed by atoms with Gasteiger partial charge in [-0.25, -0.2) is 4.39 Å². The Hall–Kier alpha value is -0.920. The predicted octanol–water partition coefficient (Wildman–Crippen LogP) is 5.61. The molecule has 1 aliphatic carbocycles. The Morgan fingerprint density at radius 1 is 0.789 bits per heavy atom.